The number of aromatic hydroxyl groups is 1. The van der Waals surface area contributed by atoms with E-state index >= 15 is 0 Å². The van der Waals surface area contributed by atoms with Crippen molar-refractivity contribution >= 4 is 27.4 Å². The molecule has 1 aromatic rings. The number of nitrogens with zero attached hydrogens (tertiary/aromatic N) is 2. The van der Waals surface area contributed by atoms with Crippen LogP contribution in [0.25, 0.3) is 5.57 Å². The highest BCUT2D eigenvalue weighted by atomic mass is 32.2. The third kappa shape index (κ3) is 3.49. The Morgan fingerprint density at radius 3 is 2.62 bits per heavy atom. The van der Waals surface area contributed by atoms with E-state index in [9.17, 15) is 31.5 Å². The van der Waals surface area contributed by atoms with Crippen LogP contribution in [0.3, 0.4) is 0 Å². The van der Waals surface area contributed by atoms with Crippen molar-refractivity contribution in [3.63, 3.8) is 0 Å². The summed E-state index contributed by atoms with van der Waals surface area (Å²) in [4.78, 5) is 13.1. The summed E-state index contributed by atoms with van der Waals surface area (Å²) in [5.74, 6) is -2.46. The maximum Gasteiger partial charge on any atom is 0.326 e. The van der Waals surface area contributed by atoms with E-state index in [4.69, 9.17) is 0 Å². The zero-order valence-electron chi connectivity index (χ0n) is 13.5. The highest BCUT2D eigenvalue weighted by molar-refractivity contribution is 7.92. The molecule has 7 nitrogen and oxygen atoms in total. The number of phenolic OH excluding ortho intramolecular Hbond substituents is 1. The fourth-order valence-corrected chi connectivity index (χ4v) is 4.10. The average Bonchev–Trinajstić information content (AvgIpc) is 3.09. The van der Waals surface area contributed by atoms with Crippen LogP contribution in [0, 0.1) is 5.82 Å². The molecule has 142 valence electrons. The molecule has 0 bridgehead atoms. The van der Waals surface area contributed by atoms with Crippen molar-refractivity contribution in [1.29, 1.82) is 0 Å². The van der Waals surface area contributed by atoms with Crippen molar-refractivity contribution in [1.82, 2.24) is 9.62 Å². The van der Waals surface area contributed by atoms with Crippen molar-refractivity contribution in [2.24, 2.45) is 0 Å². The van der Waals surface area contributed by atoms with Gasteiger partial charge in [0.2, 0.25) is 6.43 Å². The monoisotopic (exact) mass is 391 g/mol. The zero-order valence-corrected chi connectivity index (χ0v) is 14.3. The first kappa shape index (κ1) is 18.5. The first-order chi connectivity index (χ1) is 12.2. The molecule has 2 heterocycles. The van der Waals surface area contributed by atoms with Gasteiger partial charge in [-0.2, -0.15) is 8.42 Å². The quantitative estimate of drug-likeness (QED) is 0.784. The van der Waals surface area contributed by atoms with Gasteiger partial charge in [-0.25, -0.2) is 22.2 Å². The van der Waals surface area contributed by atoms with Crippen LogP contribution in [0.4, 0.5) is 18.9 Å². The summed E-state index contributed by atoms with van der Waals surface area (Å²) >= 11 is 0. The Morgan fingerprint density at radius 2 is 2.00 bits per heavy atom. The number of hydrogen-bond donors (Lipinski definition) is 2. The SMILES string of the molecule is O=C1CN(c2c(O)ccc(C3=CCN(CCC(F)F)C3)c2F)S(=O)(=O)N1. The Labute approximate surface area is 147 Å². The zero-order chi connectivity index (χ0) is 19.1. The van der Waals surface area contributed by atoms with Crippen molar-refractivity contribution < 1.29 is 31.5 Å². The second kappa shape index (κ2) is 6.80. The Hall–Kier alpha value is -2.27. The minimum absolute atomic E-state index is 0.0481. The van der Waals surface area contributed by atoms with Crippen LogP contribution in [0.1, 0.15) is 12.0 Å². The van der Waals surface area contributed by atoms with Gasteiger partial charge < -0.3 is 5.11 Å². The van der Waals surface area contributed by atoms with Gasteiger partial charge in [-0.1, -0.05) is 6.08 Å². The van der Waals surface area contributed by atoms with E-state index in [0.29, 0.717) is 16.4 Å². The highest BCUT2D eigenvalue weighted by Gasteiger charge is 2.38. The first-order valence-corrected chi connectivity index (χ1v) is 9.17. The summed E-state index contributed by atoms with van der Waals surface area (Å²) in [6.07, 6.45) is -1.07. The Bertz CT molecular complexity index is 873. The molecule has 26 heavy (non-hydrogen) atoms. The third-order valence-corrected chi connectivity index (χ3v) is 5.54. The van der Waals surface area contributed by atoms with Gasteiger partial charge in [-0.15, -0.1) is 0 Å². The molecule has 1 aromatic carbocycles. The smallest absolute Gasteiger partial charge is 0.326 e. The number of anilines is 1. The maximum atomic E-state index is 15.0. The second-order valence-electron chi connectivity index (χ2n) is 5.98. The number of alkyl halides is 2. The number of halogens is 3. The number of benzene rings is 1. The predicted octanol–water partition coefficient (Wildman–Crippen LogP) is 1.07. The topological polar surface area (TPSA) is 90.0 Å². The van der Waals surface area contributed by atoms with E-state index < -0.39 is 46.3 Å². The molecule has 0 atom stereocenters. The third-order valence-electron chi connectivity index (χ3n) is 4.16. The molecule has 0 spiro atoms. The summed E-state index contributed by atoms with van der Waals surface area (Å²) < 4.78 is 65.6. The second-order valence-corrected chi connectivity index (χ2v) is 7.57. The van der Waals surface area contributed by atoms with E-state index in [-0.39, 0.29) is 25.1 Å². The van der Waals surface area contributed by atoms with Gasteiger partial charge in [-0.3, -0.25) is 9.69 Å². The van der Waals surface area contributed by atoms with Crippen LogP contribution >= 0.6 is 0 Å². The lowest BCUT2D eigenvalue weighted by atomic mass is 10.0. The normalized spacial score (nSPS) is 19.9. The molecule has 3 rings (SSSR count). The molecule has 2 aliphatic heterocycles. The van der Waals surface area contributed by atoms with Gasteiger partial charge in [0.15, 0.2) is 5.82 Å². The molecule has 2 N–H and O–H groups in total. The van der Waals surface area contributed by atoms with E-state index in [2.05, 4.69) is 0 Å². The number of hydrogen-bond acceptors (Lipinski definition) is 5. The van der Waals surface area contributed by atoms with Crippen molar-refractivity contribution in [2.75, 3.05) is 30.5 Å². The average molecular weight is 391 g/mol. The van der Waals surface area contributed by atoms with Gasteiger partial charge in [0, 0.05) is 31.6 Å². The number of carbonyl (C=O) groups is 1. The molecule has 0 saturated carbocycles. The Balaban J connectivity index is 1.89. The molecule has 0 radical (unpaired) electrons. The van der Waals surface area contributed by atoms with Gasteiger partial charge in [0.1, 0.15) is 18.0 Å². The van der Waals surface area contributed by atoms with Crippen LogP contribution in [0.2, 0.25) is 0 Å². The summed E-state index contributed by atoms with van der Waals surface area (Å²) in [5.41, 5.74) is -0.0754. The van der Waals surface area contributed by atoms with E-state index in [1.54, 1.807) is 15.7 Å². The molecular formula is C15H16F3N3O4S. The van der Waals surface area contributed by atoms with Crippen molar-refractivity contribution in [3.05, 3.63) is 29.6 Å². The first-order valence-electron chi connectivity index (χ1n) is 7.73. The number of rotatable bonds is 5. The van der Waals surface area contributed by atoms with Crippen LogP contribution in [0.5, 0.6) is 5.75 Å². The maximum absolute atomic E-state index is 15.0. The van der Waals surface area contributed by atoms with Crippen molar-refractivity contribution in [3.8, 4) is 5.75 Å². The van der Waals surface area contributed by atoms with Crippen molar-refractivity contribution in [2.45, 2.75) is 12.8 Å². The Kier molecular flexibility index (Phi) is 4.84. The summed E-state index contributed by atoms with van der Waals surface area (Å²) in [6.45, 7) is 0.0799. The molecule has 1 amide bonds. The summed E-state index contributed by atoms with van der Waals surface area (Å²) in [5, 5.41) is 9.94. The summed E-state index contributed by atoms with van der Waals surface area (Å²) in [7, 11) is -4.28. The van der Waals surface area contributed by atoms with Gasteiger partial charge in [0.25, 0.3) is 5.91 Å². The molecule has 1 saturated heterocycles. The largest absolute Gasteiger partial charge is 0.506 e. The van der Waals surface area contributed by atoms with Crippen LogP contribution < -0.4 is 9.03 Å². The van der Waals surface area contributed by atoms with Crippen LogP contribution in [-0.4, -0.2) is 56.9 Å². The van der Waals surface area contributed by atoms with E-state index in [1.165, 1.54) is 6.07 Å². The highest BCUT2D eigenvalue weighted by Crippen LogP contribution is 2.38. The van der Waals surface area contributed by atoms with Gasteiger partial charge in [0.05, 0.1) is 0 Å². The molecule has 0 aromatic heterocycles. The van der Waals surface area contributed by atoms with Gasteiger partial charge in [-0.05, 0) is 17.7 Å². The molecule has 0 aliphatic carbocycles. The summed E-state index contributed by atoms with van der Waals surface area (Å²) in [6, 6.07) is 2.42. The van der Waals surface area contributed by atoms with E-state index in [0.717, 1.165) is 6.07 Å². The number of phenols is 1. The molecule has 0 unspecified atom stereocenters. The lowest BCUT2D eigenvalue weighted by molar-refractivity contribution is -0.117. The van der Waals surface area contributed by atoms with E-state index in [1.807, 2.05) is 0 Å². The molecular weight excluding hydrogens is 375 g/mol. The number of carbonyl (C=O) groups excluding carboxylic acids is 1. The van der Waals surface area contributed by atoms with Gasteiger partial charge >= 0.3 is 10.2 Å². The standard InChI is InChI=1S/C15H16F3N3O4S/c16-12(17)4-6-20-5-3-9(7-20)10-1-2-11(22)15(14(10)18)21-8-13(23)19-26(21,24)25/h1-3,12,22H,4-8H2,(H,19,23). The molecule has 1 fully saturated rings. The number of amides is 1. The molecule has 2 aliphatic rings. The fraction of sp³-hybridized carbons (Fsp3) is 0.400. The van der Waals surface area contributed by atoms with Crippen LogP contribution in [0.15, 0.2) is 18.2 Å². The minimum atomic E-state index is -4.28. The fourth-order valence-electron chi connectivity index (χ4n) is 2.94. The Morgan fingerprint density at radius 1 is 1.27 bits per heavy atom. The number of nitrogens with one attached hydrogen (secondary N) is 1. The lowest BCUT2D eigenvalue weighted by Gasteiger charge is -2.20. The minimum Gasteiger partial charge on any atom is -0.506 e. The van der Waals surface area contributed by atoms with Crippen LogP contribution in [-0.2, 0) is 15.0 Å². The lowest BCUT2D eigenvalue weighted by Crippen LogP contribution is -2.30. The predicted molar refractivity (Wildman–Crippen MR) is 87.5 cm³/mol. The molecule has 11 heteroatoms.